The smallest absolute Gasteiger partial charge is 0.297 e. The Kier molecular flexibility index (Phi) is 5.42. The Morgan fingerprint density at radius 3 is 2.73 bits per heavy atom. The first-order chi connectivity index (χ1) is 12.5. The number of anilines is 1. The van der Waals surface area contributed by atoms with Crippen molar-refractivity contribution in [2.24, 2.45) is 0 Å². The van der Waals surface area contributed by atoms with Crippen molar-refractivity contribution in [3.8, 4) is 5.75 Å². The number of ether oxygens (including phenoxy) is 1. The van der Waals surface area contributed by atoms with E-state index in [0.29, 0.717) is 5.58 Å². The topological polar surface area (TPSA) is 54.7 Å². The maximum atomic E-state index is 12.5. The van der Waals surface area contributed by atoms with Crippen LogP contribution in [0.25, 0.3) is 11.0 Å². The summed E-state index contributed by atoms with van der Waals surface area (Å²) >= 11 is 1.25. The molecule has 3 rings (SSSR count). The lowest BCUT2D eigenvalue weighted by Crippen LogP contribution is -2.15. The van der Waals surface area contributed by atoms with Gasteiger partial charge in [-0.1, -0.05) is 19.1 Å². The van der Waals surface area contributed by atoms with Crippen LogP contribution >= 0.6 is 11.9 Å². The molecule has 0 aliphatic rings. The zero-order chi connectivity index (χ0) is 18.7. The van der Waals surface area contributed by atoms with Crippen LogP contribution in [0.5, 0.6) is 5.75 Å². The molecule has 136 valence electrons. The second-order valence-electron chi connectivity index (χ2n) is 6.06. The van der Waals surface area contributed by atoms with Crippen molar-refractivity contribution in [1.29, 1.82) is 0 Å². The second-order valence-corrected chi connectivity index (χ2v) is 6.88. The summed E-state index contributed by atoms with van der Waals surface area (Å²) in [5.74, 6) is 0.761. The van der Waals surface area contributed by atoms with E-state index < -0.39 is 0 Å². The molecule has 0 aliphatic heterocycles. The van der Waals surface area contributed by atoms with Crippen LogP contribution in [0.2, 0.25) is 0 Å². The van der Waals surface area contributed by atoms with Gasteiger partial charge in [-0.3, -0.25) is 9.52 Å². The largest absolute Gasteiger partial charge is 0.496 e. The summed E-state index contributed by atoms with van der Waals surface area (Å²) < 4.78 is 14.0. The number of nitrogens with one attached hydrogen (secondary N) is 1. The Labute approximate surface area is 157 Å². The molecular weight excluding hydrogens is 348 g/mol. The van der Waals surface area contributed by atoms with Crippen molar-refractivity contribution in [2.45, 2.75) is 18.2 Å². The summed E-state index contributed by atoms with van der Waals surface area (Å²) in [6.45, 7) is 2.07. The normalized spacial score (nSPS) is 10.8. The highest BCUT2D eigenvalue weighted by atomic mass is 32.2. The number of rotatable bonds is 6. The monoisotopic (exact) mass is 370 g/mol. The van der Waals surface area contributed by atoms with Crippen molar-refractivity contribution in [1.82, 2.24) is 4.72 Å². The van der Waals surface area contributed by atoms with Crippen molar-refractivity contribution in [3.63, 3.8) is 0 Å². The molecule has 0 bridgehead atoms. The molecule has 0 saturated heterocycles. The molecule has 1 aromatic heterocycles. The van der Waals surface area contributed by atoms with E-state index in [0.717, 1.165) is 33.7 Å². The predicted molar refractivity (Wildman–Crippen MR) is 106 cm³/mol. The van der Waals surface area contributed by atoms with Gasteiger partial charge >= 0.3 is 0 Å². The maximum Gasteiger partial charge on any atom is 0.297 e. The summed E-state index contributed by atoms with van der Waals surface area (Å²) in [5.41, 5.74) is 2.84. The summed E-state index contributed by atoms with van der Waals surface area (Å²) in [6.07, 6.45) is 0.855. The molecule has 26 heavy (non-hydrogen) atoms. The van der Waals surface area contributed by atoms with Gasteiger partial charge in [0.1, 0.15) is 11.3 Å². The van der Waals surface area contributed by atoms with E-state index >= 15 is 0 Å². The highest BCUT2D eigenvalue weighted by Gasteiger charge is 2.16. The van der Waals surface area contributed by atoms with Crippen LogP contribution in [0.4, 0.5) is 5.69 Å². The minimum atomic E-state index is -0.273. The highest BCUT2D eigenvalue weighted by molar-refractivity contribution is 7.98. The Balaban J connectivity index is 1.80. The molecule has 3 aromatic rings. The Hall–Kier alpha value is -2.60. The lowest BCUT2D eigenvalue weighted by Gasteiger charge is -2.12. The third-order valence-corrected chi connectivity index (χ3v) is 5.11. The lowest BCUT2D eigenvalue weighted by molar-refractivity contribution is 0.0959. The number of aryl methyl sites for hydroxylation is 1. The van der Waals surface area contributed by atoms with E-state index in [-0.39, 0.29) is 11.7 Å². The summed E-state index contributed by atoms with van der Waals surface area (Å²) in [4.78, 5) is 15.4. The van der Waals surface area contributed by atoms with Gasteiger partial charge in [-0.2, -0.15) is 0 Å². The van der Waals surface area contributed by atoms with E-state index in [1.807, 2.05) is 55.4 Å². The predicted octanol–water partition coefficient (Wildman–Crippen LogP) is 4.51. The van der Waals surface area contributed by atoms with Crippen molar-refractivity contribution >= 4 is 34.5 Å². The lowest BCUT2D eigenvalue weighted by atomic mass is 10.1. The standard InChI is InChI=1S/C20H22N2O3S/c1-5-13-7-6-8-16(24-4)19(13)26-21-20(23)18-11-14-9-10-15(22(2)3)12-17(14)25-18/h6-12H,5H2,1-4H3,(H,21,23). The maximum absolute atomic E-state index is 12.5. The number of carbonyl (C=O) groups excluding carboxylic acids is 1. The van der Waals surface area contributed by atoms with Crippen molar-refractivity contribution in [3.05, 3.63) is 53.8 Å². The number of methoxy groups -OCH3 is 1. The van der Waals surface area contributed by atoms with Gasteiger partial charge in [0.25, 0.3) is 5.91 Å². The van der Waals surface area contributed by atoms with E-state index in [1.165, 1.54) is 11.9 Å². The zero-order valence-electron chi connectivity index (χ0n) is 15.3. The van der Waals surface area contributed by atoms with Crippen LogP contribution in [0, 0.1) is 0 Å². The molecular formula is C20H22N2O3S. The van der Waals surface area contributed by atoms with Gasteiger partial charge in [0.15, 0.2) is 5.76 Å². The van der Waals surface area contributed by atoms with E-state index in [9.17, 15) is 4.79 Å². The first-order valence-corrected chi connectivity index (χ1v) is 9.19. The molecule has 0 atom stereocenters. The molecule has 6 heteroatoms. The number of nitrogens with zero attached hydrogens (tertiary/aromatic N) is 1. The number of benzene rings is 2. The molecule has 2 aromatic carbocycles. The number of hydrogen-bond donors (Lipinski definition) is 1. The fraction of sp³-hybridized carbons (Fsp3) is 0.250. The van der Waals surface area contributed by atoms with Gasteiger partial charge in [0.2, 0.25) is 0 Å². The molecule has 5 nitrogen and oxygen atoms in total. The third-order valence-electron chi connectivity index (χ3n) is 4.15. The number of hydrogen-bond acceptors (Lipinski definition) is 5. The molecule has 0 aliphatic carbocycles. The molecule has 0 radical (unpaired) electrons. The van der Waals surface area contributed by atoms with Gasteiger partial charge in [0.05, 0.1) is 12.0 Å². The Morgan fingerprint density at radius 2 is 2.04 bits per heavy atom. The van der Waals surface area contributed by atoms with Gasteiger partial charge in [0, 0.05) is 31.2 Å². The van der Waals surface area contributed by atoms with Crippen molar-refractivity contribution in [2.75, 3.05) is 26.1 Å². The minimum absolute atomic E-state index is 0.273. The number of amides is 1. The summed E-state index contributed by atoms with van der Waals surface area (Å²) in [5, 5.41) is 0.900. The van der Waals surface area contributed by atoms with Crippen LogP contribution in [0.1, 0.15) is 23.0 Å². The van der Waals surface area contributed by atoms with Crippen LogP contribution < -0.4 is 14.4 Å². The van der Waals surface area contributed by atoms with Crippen molar-refractivity contribution < 1.29 is 13.9 Å². The summed E-state index contributed by atoms with van der Waals surface area (Å²) in [6, 6.07) is 13.5. The zero-order valence-corrected chi connectivity index (χ0v) is 16.1. The van der Waals surface area contributed by atoms with E-state index in [1.54, 1.807) is 13.2 Å². The molecule has 0 fully saturated rings. The number of fused-ring (bicyclic) bond motifs is 1. The molecule has 1 amide bonds. The minimum Gasteiger partial charge on any atom is -0.496 e. The molecule has 1 heterocycles. The quantitative estimate of drug-likeness (QED) is 0.647. The fourth-order valence-electron chi connectivity index (χ4n) is 2.67. The van der Waals surface area contributed by atoms with Gasteiger partial charge in [-0.25, -0.2) is 0 Å². The van der Waals surface area contributed by atoms with E-state index in [2.05, 4.69) is 11.6 Å². The van der Waals surface area contributed by atoms with Gasteiger partial charge < -0.3 is 14.1 Å². The Morgan fingerprint density at radius 1 is 1.23 bits per heavy atom. The van der Waals surface area contributed by atoms with Gasteiger partial charge in [-0.15, -0.1) is 0 Å². The molecule has 0 spiro atoms. The average Bonchev–Trinajstić information content (AvgIpc) is 3.08. The van der Waals surface area contributed by atoms with Crippen LogP contribution in [0.15, 0.2) is 51.8 Å². The molecule has 1 N–H and O–H groups in total. The third kappa shape index (κ3) is 3.65. The molecule has 0 unspecified atom stereocenters. The first-order valence-electron chi connectivity index (χ1n) is 8.37. The van der Waals surface area contributed by atoms with Gasteiger partial charge in [-0.05, 0) is 48.2 Å². The average molecular weight is 370 g/mol. The SMILES string of the molecule is CCc1cccc(OC)c1SNC(=O)c1cc2ccc(N(C)C)cc2o1. The van der Waals surface area contributed by atoms with Crippen LogP contribution in [-0.2, 0) is 6.42 Å². The summed E-state index contributed by atoms with van der Waals surface area (Å²) in [7, 11) is 5.56. The first kappa shape index (κ1) is 18.2. The Bertz CT molecular complexity index is 912. The highest BCUT2D eigenvalue weighted by Crippen LogP contribution is 2.32. The second kappa shape index (κ2) is 7.74. The number of carbonyl (C=O) groups is 1. The van der Waals surface area contributed by atoms with Crippen LogP contribution in [0.3, 0.4) is 0 Å². The fourth-order valence-corrected chi connectivity index (χ4v) is 3.56. The van der Waals surface area contributed by atoms with Crippen LogP contribution in [-0.4, -0.2) is 27.1 Å². The molecule has 0 saturated carbocycles. The number of furan rings is 1. The van der Waals surface area contributed by atoms with E-state index in [4.69, 9.17) is 9.15 Å².